The molecule has 1 aliphatic rings. The van der Waals surface area contributed by atoms with Gasteiger partial charge < -0.3 is 10.2 Å². The van der Waals surface area contributed by atoms with E-state index in [0.717, 1.165) is 23.2 Å². The Balaban J connectivity index is 1.88. The lowest BCUT2D eigenvalue weighted by atomic mass is 9.99. The third kappa shape index (κ3) is 3.42. The number of nitrogens with one attached hydrogen (secondary N) is 1. The van der Waals surface area contributed by atoms with Gasteiger partial charge in [-0.3, -0.25) is 0 Å². The topological polar surface area (TPSA) is 15.3 Å². The lowest BCUT2D eigenvalue weighted by Crippen LogP contribution is -2.16. The van der Waals surface area contributed by atoms with Crippen LogP contribution in [0, 0.1) is 5.82 Å². The number of halogens is 1. The zero-order valence-electron chi connectivity index (χ0n) is 12.6. The number of rotatable bonds is 5. The van der Waals surface area contributed by atoms with Crippen molar-refractivity contribution in [3.8, 4) is 11.1 Å². The normalized spacial score (nSPS) is 14.2. The molecular weight excluding hydrogens is 263 g/mol. The molecule has 3 rings (SSSR count). The fourth-order valence-electron chi connectivity index (χ4n) is 2.47. The van der Waals surface area contributed by atoms with Crippen molar-refractivity contribution in [2.75, 3.05) is 19.0 Å². The number of nitrogens with zero attached hydrogens (tertiary/aromatic N) is 1. The molecule has 0 aromatic heterocycles. The predicted octanol–water partition coefficient (Wildman–Crippen LogP) is 3.81. The molecule has 0 unspecified atom stereocenters. The molecular formula is C18H21FN2. The Morgan fingerprint density at radius 1 is 1.10 bits per heavy atom. The van der Waals surface area contributed by atoms with Crippen LogP contribution >= 0.6 is 0 Å². The lowest BCUT2D eigenvalue weighted by Gasteiger charge is -2.14. The first-order valence-corrected chi connectivity index (χ1v) is 7.43. The van der Waals surface area contributed by atoms with Crippen LogP contribution in [-0.2, 0) is 6.54 Å². The first kappa shape index (κ1) is 14.1. The van der Waals surface area contributed by atoms with E-state index in [0.29, 0.717) is 6.04 Å². The summed E-state index contributed by atoms with van der Waals surface area (Å²) in [4.78, 5) is 2.07. The third-order valence-corrected chi connectivity index (χ3v) is 3.92. The Hall–Kier alpha value is -1.87. The molecule has 110 valence electrons. The minimum atomic E-state index is -0.170. The highest BCUT2D eigenvalue weighted by atomic mass is 19.1. The number of hydrogen-bond donors (Lipinski definition) is 1. The highest BCUT2D eigenvalue weighted by molar-refractivity contribution is 5.69. The predicted molar refractivity (Wildman–Crippen MR) is 86.0 cm³/mol. The summed E-state index contributed by atoms with van der Waals surface area (Å²) in [5, 5.41) is 3.46. The second-order valence-electron chi connectivity index (χ2n) is 5.90. The van der Waals surface area contributed by atoms with Gasteiger partial charge in [0.1, 0.15) is 5.82 Å². The maximum absolute atomic E-state index is 13.5. The van der Waals surface area contributed by atoms with Crippen molar-refractivity contribution < 1.29 is 4.39 Å². The molecule has 0 radical (unpaired) electrons. The molecule has 21 heavy (non-hydrogen) atoms. The zero-order valence-corrected chi connectivity index (χ0v) is 12.6. The number of benzene rings is 2. The molecule has 1 saturated carbocycles. The Kier molecular flexibility index (Phi) is 3.93. The van der Waals surface area contributed by atoms with Crippen molar-refractivity contribution in [2.24, 2.45) is 0 Å². The summed E-state index contributed by atoms with van der Waals surface area (Å²) in [6.07, 6.45) is 2.48. The first-order valence-electron chi connectivity index (χ1n) is 7.43. The van der Waals surface area contributed by atoms with Gasteiger partial charge in [0, 0.05) is 32.4 Å². The quantitative estimate of drug-likeness (QED) is 0.898. The van der Waals surface area contributed by atoms with E-state index in [1.807, 2.05) is 20.2 Å². The van der Waals surface area contributed by atoms with Gasteiger partial charge in [0.2, 0.25) is 0 Å². The minimum absolute atomic E-state index is 0.170. The average Bonchev–Trinajstić information content (AvgIpc) is 3.29. The summed E-state index contributed by atoms with van der Waals surface area (Å²) in [7, 11) is 4.05. The monoisotopic (exact) mass is 284 g/mol. The third-order valence-electron chi connectivity index (χ3n) is 3.92. The Labute approximate surface area is 125 Å². The first-order chi connectivity index (χ1) is 10.1. The van der Waals surface area contributed by atoms with Crippen LogP contribution in [0.25, 0.3) is 11.1 Å². The van der Waals surface area contributed by atoms with E-state index in [2.05, 4.69) is 34.5 Å². The molecule has 0 bridgehead atoms. The molecule has 3 heteroatoms. The van der Waals surface area contributed by atoms with E-state index in [1.54, 1.807) is 6.07 Å². The fourth-order valence-corrected chi connectivity index (χ4v) is 2.47. The van der Waals surface area contributed by atoms with Gasteiger partial charge in [-0.15, -0.1) is 0 Å². The molecule has 0 saturated heterocycles. The van der Waals surface area contributed by atoms with Gasteiger partial charge >= 0.3 is 0 Å². The van der Waals surface area contributed by atoms with Gasteiger partial charge in [0.25, 0.3) is 0 Å². The van der Waals surface area contributed by atoms with E-state index < -0.39 is 0 Å². The standard InChI is InChI=1S/C18H21FN2/c1-21(2)17-8-3-13(4-9-17)18-10-5-15(19)11-14(18)12-20-16-6-7-16/h3-5,8-11,16,20H,6-7,12H2,1-2H3. The van der Waals surface area contributed by atoms with E-state index >= 15 is 0 Å². The summed E-state index contributed by atoms with van der Waals surface area (Å²) in [6, 6.07) is 14.1. The number of hydrogen-bond acceptors (Lipinski definition) is 2. The van der Waals surface area contributed by atoms with Crippen molar-refractivity contribution in [3.63, 3.8) is 0 Å². The van der Waals surface area contributed by atoms with Crippen LogP contribution in [0.2, 0.25) is 0 Å². The molecule has 0 spiro atoms. The summed E-state index contributed by atoms with van der Waals surface area (Å²) in [5.41, 5.74) is 4.43. The Morgan fingerprint density at radius 3 is 2.43 bits per heavy atom. The van der Waals surface area contributed by atoms with Crippen LogP contribution in [0.3, 0.4) is 0 Å². The van der Waals surface area contributed by atoms with Crippen LogP contribution in [0.4, 0.5) is 10.1 Å². The largest absolute Gasteiger partial charge is 0.378 e. The molecule has 1 fully saturated rings. The van der Waals surface area contributed by atoms with Gasteiger partial charge in [0.05, 0.1) is 0 Å². The van der Waals surface area contributed by atoms with Crippen molar-refractivity contribution in [1.29, 1.82) is 0 Å². The molecule has 1 N–H and O–H groups in total. The SMILES string of the molecule is CN(C)c1ccc(-c2ccc(F)cc2CNC2CC2)cc1. The van der Waals surface area contributed by atoms with Crippen LogP contribution in [0.5, 0.6) is 0 Å². The summed E-state index contributed by atoms with van der Waals surface area (Å²) >= 11 is 0. The van der Waals surface area contributed by atoms with Gasteiger partial charge in [-0.1, -0.05) is 18.2 Å². The molecule has 0 aliphatic heterocycles. The molecule has 2 aromatic carbocycles. The van der Waals surface area contributed by atoms with Crippen LogP contribution in [0.1, 0.15) is 18.4 Å². The minimum Gasteiger partial charge on any atom is -0.378 e. The molecule has 0 heterocycles. The van der Waals surface area contributed by atoms with Crippen molar-refractivity contribution in [3.05, 3.63) is 53.8 Å². The Bertz CT molecular complexity index is 616. The molecule has 0 amide bonds. The molecule has 1 aliphatic carbocycles. The lowest BCUT2D eigenvalue weighted by molar-refractivity contribution is 0.620. The van der Waals surface area contributed by atoms with Gasteiger partial charge in [-0.05, 0) is 53.8 Å². The molecule has 0 atom stereocenters. The summed E-state index contributed by atoms with van der Waals surface area (Å²) in [6.45, 7) is 0.729. The van der Waals surface area contributed by atoms with Crippen LogP contribution in [0.15, 0.2) is 42.5 Å². The maximum Gasteiger partial charge on any atom is 0.123 e. The second kappa shape index (κ2) is 5.86. The smallest absolute Gasteiger partial charge is 0.123 e. The van der Waals surface area contributed by atoms with Crippen LogP contribution < -0.4 is 10.2 Å². The Morgan fingerprint density at radius 2 is 1.81 bits per heavy atom. The average molecular weight is 284 g/mol. The van der Waals surface area contributed by atoms with Gasteiger partial charge in [-0.25, -0.2) is 4.39 Å². The molecule has 2 nitrogen and oxygen atoms in total. The van der Waals surface area contributed by atoms with Crippen LogP contribution in [-0.4, -0.2) is 20.1 Å². The second-order valence-corrected chi connectivity index (χ2v) is 5.90. The molecule has 2 aromatic rings. The van der Waals surface area contributed by atoms with E-state index in [1.165, 1.54) is 24.6 Å². The highest BCUT2D eigenvalue weighted by Crippen LogP contribution is 2.27. The highest BCUT2D eigenvalue weighted by Gasteiger charge is 2.20. The summed E-state index contributed by atoms with van der Waals surface area (Å²) < 4.78 is 13.5. The zero-order chi connectivity index (χ0) is 14.8. The maximum atomic E-state index is 13.5. The van der Waals surface area contributed by atoms with E-state index in [-0.39, 0.29) is 5.82 Å². The van der Waals surface area contributed by atoms with Gasteiger partial charge in [-0.2, -0.15) is 0 Å². The van der Waals surface area contributed by atoms with Crippen molar-refractivity contribution in [2.45, 2.75) is 25.4 Å². The fraction of sp³-hybridized carbons (Fsp3) is 0.333. The van der Waals surface area contributed by atoms with Crippen molar-refractivity contribution >= 4 is 5.69 Å². The van der Waals surface area contributed by atoms with Crippen molar-refractivity contribution in [1.82, 2.24) is 5.32 Å². The van der Waals surface area contributed by atoms with Gasteiger partial charge in [0.15, 0.2) is 0 Å². The number of anilines is 1. The van der Waals surface area contributed by atoms with E-state index in [4.69, 9.17) is 0 Å². The summed E-state index contributed by atoms with van der Waals surface area (Å²) in [5.74, 6) is -0.170. The van der Waals surface area contributed by atoms with E-state index in [9.17, 15) is 4.39 Å².